The molecule has 1 amide bonds. The van der Waals surface area contributed by atoms with Crippen LogP contribution in [0.2, 0.25) is 0 Å². The zero-order valence-electron chi connectivity index (χ0n) is 14.0. The van der Waals surface area contributed by atoms with Crippen molar-refractivity contribution in [1.29, 1.82) is 0 Å². The van der Waals surface area contributed by atoms with E-state index in [-0.39, 0.29) is 17.5 Å². The first-order chi connectivity index (χ1) is 11.4. The summed E-state index contributed by atoms with van der Waals surface area (Å²) in [5.41, 5.74) is 0.502. The van der Waals surface area contributed by atoms with E-state index in [1.165, 1.54) is 24.3 Å². The number of carbonyl (C=O) groups excluding carboxylic acids is 1. The van der Waals surface area contributed by atoms with Gasteiger partial charge in [0.15, 0.2) is 0 Å². The standard InChI is InChI=1S/C17H25FN2O3S/c1-2-13-24(22,23)19-10-7-14-8-11-20(12-9-14)17(21)15-3-5-16(18)6-4-15/h3-6,14,19H,2,7-13H2,1H3. The van der Waals surface area contributed by atoms with Crippen LogP contribution in [0, 0.1) is 11.7 Å². The lowest BCUT2D eigenvalue weighted by Gasteiger charge is -2.32. The topological polar surface area (TPSA) is 66.5 Å². The molecule has 1 aromatic rings. The van der Waals surface area contributed by atoms with Gasteiger partial charge in [0.05, 0.1) is 5.75 Å². The molecule has 1 aliphatic heterocycles. The van der Waals surface area contributed by atoms with E-state index in [0.717, 1.165) is 19.3 Å². The predicted octanol–water partition coefficient (Wildman–Crippen LogP) is 2.40. The fourth-order valence-electron chi connectivity index (χ4n) is 2.96. The molecule has 0 radical (unpaired) electrons. The summed E-state index contributed by atoms with van der Waals surface area (Å²) in [4.78, 5) is 14.1. The Morgan fingerprint density at radius 3 is 2.46 bits per heavy atom. The van der Waals surface area contributed by atoms with Crippen LogP contribution in [0.4, 0.5) is 4.39 Å². The van der Waals surface area contributed by atoms with E-state index in [1.54, 1.807) is 4.90 Å². The van der Waals surface area contributed by atoms with E-state index >= 15 is 0 Å². The van der Waals surface area contributed by atoms with Gasteiger partial charge in [0.25, 0.3) is 5.91 Å². The van der Waals surface area contributed by atoms with Crippen LogP contribution in [0.25, 0.3) is 0 Å². The Bertz CT molecular complexity index is 638. The zero-order chi connectivity index (χ0) is 17.6. The Hall–Kier alpha value is -1.47. The van der Waals surface area contributed by atoms with Gasteiger partial charge >= 0.3 is 0 Å². The summed E-state index contributed by atoms with van der Waals surface area (Å²) < 4.78 is 38.8. The first kappa shape index (κ1) is 18.9. The Morgan fingerprint density at radius 2 is 1.88 bits per heavy atom. The minimum Gasteiger partial charge on any atom is -0.339 e. The van der Waals surface area contributed by atoms with Crippen molar-refractivity contribution >= 4 is 15.9 Å². The van der Waals surface area contributed by atoms with Crippen molar-refractivity contribution in [3.63, 3.8) is 0 Å². The number of rotatable bonds is 7. The van der Waals surface area contributed by atoms with E-state index in [1.807, 2.05) is 6.92 Å². The summed E-state index contributed by atoms with van der Waals surface area (Å²) in [5.74, 6) is 0.164. The quantitative estimate of drug-likeness (QED) is 0.816. The van der Waals surface area contributed by atoms with E-state index in [4.69, 9.17) is 0 Å². The number of nitrogens with one attached hydrogen (secondary N) is 1. The average molecular weight is 356 g/mol. The molecule has 24 heavy (non-hydrogen) atoms. The van der Waals surface area contributed by atoms with Crippen LogP contribution >= 0.6 is 0 Å². The van der Waals surface area contributed by atoms with Crippen LogP contribution in [-0.2, 0) is 10.0 Å². The average Bonchev–Trinajstić information content (AvgIpc) is 2.55. The maximum Gasteiger partial charge on any atom is 0.253 e. The molecule has 1 N–H and O–H groups in total. The molecule has 0 spiro atoms. The number of piperidine rings is 1. The number of carbonyl (C=O) groups is 1. The second-order valence-electron chi connectivity index (χ2n) is 6.24. The number of hydrogen-bond acceptors (Lipinski definition) is 3. The van der Waals surface area contributed by atoms with Crippen molar-refractivity contribution < 1.29 is 17.6 Å². The number of likely N-dealkylation sites (tertiary alicyclic amines) is 1. The molecule has 1 heterocycles. The summed E-state index contributed by atoms with van der Waals surface area (Å²) in [6.45, 7) is 3.61. The number of sulfonamides is 1. The molecule has 134 valence electrons. The third-order valence-electron chi connectivity index (χ3n) is 4.34. The largest absolute Gasteiger partial charge is 0.339 e. The Morgan fingerprint density at radius 1 is 1.25 bits per heavy atom. The molecular weight excluding hydrogens is 331 g/mol. The summed E-state index contributed by atoms with van der Waals surface area (Å²) in [7, 11) is -3.14. The maximum atomic E-state index is 12.9. The van der Waals surface area contributed by atoms with Gasteiger partial charge in [0.1, 0.15) is 5.82 Å². The molecule has 1 saturated heterocycles. The Kier molecular flexibility index (Phi) is 6.74. The number of nitrogens with zero attached hydrogens (tertiary/aromatic N) is 1. The second-order valence-corrected chi connectivity index (χ2v) is 8.17. The van der Waals surface area contributed by atoms with Crippen LogP contribution in [0.1, 0.15) is 43.0 Å². The third-order valence-corrected chi connectivity index (χ3v) is 5.93. The minimum absolute atomic E-state index is 0.0721. The van der Waals surface area contributed by atoms with E-state index < -0.39 is 10.0 Å². The van der Waals surface area contributed by atoms with Crippen molar-refractivity contribution in [3.8, 4) is 0 Å². The van der Waals surface area contributed by atoms with Gasteiger partial charge in [0.2, 0.25) is 10.0 Å². The van der Waals surface area contributed by atoms with Crippen molar-refractivity contribution in [2.45, 2.75) is 32.6 Å². The van der Waals surface area contributed by atoms with Crippen molar-refractivity contribution in [2.24, 2.45) is 5.92 Å². The lowest BCUT2D eigenvalue weighted by atomic mass is 9.93. The number of halogens is 1. The van der Waals surface area contributed by atoms with Crippen LogP contribution in [0.3, 0.4) is 0 Å². The zero-order valence-corrected chi connectivity index (χ0v) is 14.8. The van der Waals surface area contributed by atoms with Gasteiger partial charge in [-0.25, -0.2) is 17.5 Å². The molecule has 1 aromatic carbocycles. The molecule has 1 fully saturated rings. The normalized spacial score (nSPS) is 16.3. The van der Waals surface area contributed by atoms with E-state index in [2.05, 4.69) is 4.72 Å². The predicted molar refractivity (Wildman–Crippen MR) is 91.7 cm³/mol. The summed E-state index contributed by atoms with van der Waals surface area (Å²) in [6, 6.07) is 5.60. The maximum absolute atomic E-state index is 12.9. The highest BCUT2D eigenvalue weighted by Crippen LogP contribution is 2.21. The molecule has 0 unspecified atom stereocenters. The van der Waals surface area contributed by atoms with Crippen LogP contribution in [0.15, 0.2) is 24.3 Å². The number of benzene rings is 1. The highest BCUT2D eigenvalue weighted by atomic mass is 32.2. The molecule has 5 nitrogen and oxygen atoms in total. The summed E-state index contributed by atoms with van der Waals surface area (Å²) >= 11 is 0. The van der Waals surface area contributed by atoms with Crippen molar-refractivity contribution in [2.75, 3.05) is 25.4 Å². The summed E-state index contributed by atoms with van der Waals surface area (Å²) in [5, 5.41) is 0. The molecule has 0 saturated carbocycles. The molecule has 2 rings (SSSR count). The summed E-state index contributed by atoms with van der Waals surface area (Å²) in [6.07, 6.45) is 3.13. The van der Waals surface area contributed by atoms with Gasteiger partial charge < -0.3 is 4.90 Å². The smallest absolute Gasteiger partial charge is 0.253 e. The van der Waals surface area contributed by atoms with Crippen molar-refractivity contribution in [3.05, 3.63) is 35.6 Å². The fraction of sp³-hybridized carbons (Fsp3) is 0.588. The Labute approximate surface area is 143 Å². The van der Waals surface area contributed by atoms with Gasteiger partial charge in [-0.05, 0) is 55.9 Å². The lowest BCUT2D eigenvalue weighted by molar-refractivity contribution is 0.0687. The second kappa shape index (κ2) is 8.58. The minimum atomic E-state index is -3.14. The van der Waals surface area contributed by atoms with Crippen LogP contribution in [0.5, 0.6) is 0 Å². The van der Waals surface area contributed by atoms with Gasteiger partial charge in [0, 0.05) is 25.2 Å². The van der Waals surface area contributed by atoms with Gasteiger partial charge in [-0.3, -0.25) is 4.79 Å². The number of hydrogen-bond donors (Lipinski definition) is 1. The molecule has 1 aliphatic rings. The molecule has 0 atom stereocenters. The monoisotopic (exact) mass is 356 g/mol. The molecule has 0 bridgehead atoms. The highest BCUT2D eigenvalue weighted by Gasteiger charge is 2.23. The van der Waals surface area contributed by atoms with Gasteiger partial charge in [-0.15, -0.1) is 0 Å². The highest BCUT2D eigenvalue weighted by molar-refractivity contribution is 7.89. The van der Waals surface area contributed by atoms with Gasteiger partial charge in [-0.1, -0.05) is 6.92 Å². The SMILES string of the molecule is CCCS(=O)(=O)NCCC1CCN(C(=O)c2ccc(F)cc2)CC1. The van der Waals surface area contributed by atoms with Crippen LogP contribution in [-0.4, -0.2) is 44.6 Å². The van der Waals surface area contributed by atoms with E-state index in [0.29, 0.717) is 37.5 Å². The molecule has 7 heteroatoms. The van der Waals surface area contributed by atoms with E-state index in [9.17, 15) is 17.6 Å². The molecular formula is C17H25FN2O3S. The molecule has 0 aliphatic carbocycles. The van der Waals surface area contributed by atoms with Gasteiger partial charge in [-0.2, -0.15) is 0 Å². The first-order valence-corrected chi connectivity index (χ1v) is 10.1. The Balaban J connectivity index is 1.75. The third kappa shape index (κ3) is 5.56. The van der Waals surface area contributed by atoms with Crippen LogP contribution < -0.4 is 4.72 Å². The number of amides is 1. The lowest BCUT2D eigenvalue weighted by Crippen LogP contribution is -2.39. The molecule has 0 aromatic heterocycles. The fourth-order valence-corrected chi connectivity index (χ4v) is 4.07. The first-order valence-electron chi connectivity index (χ1n) is 8.43. The van der Waals surface area contributed by atoms with Crippen molar-refractivity contribution in [1.82, 2.24) is 9.62 Å².